The topological polar surface area (TPSA) is 113 Å². The fourth-order valence-electron chi connectivity index (χ4n) is 4.05. The van der Waals surface area contributed by atoms with Crippen molar-refractivity contribution in [2.24, 2.45) is 10.8 Å². The number of unbranched alkanes of at least 4 members (excludes halogenated alkanes) is 2. The number of hydrogen-bond donors (Lipinski definition) is 1. The Hall–Kier alpha value is -1.22. The molecular weight excluding hydrogens is 462 g/mol. The van der Waals surface area contributed by atoms with E-state index in [0.717, 1.165) is 32.1 Å². The summed E-state index contributed by atoms with van der Waals surface area (Å²) in [4.78, 5) is 36.2. The number of rotatable bonds is 18. The summed E-state index contributed by atoms with van der Waals surface area (Å²) in [5.74, 6) is -2.07. The minimum Gasteiger partial charge on any atom is -0.550 e. The number of halogens is 1. The van der Waals surface area contributed by atoms with E-state index in [1.807, 2.05) is 13.8 Å². The minimum absolute atomic E-state index is 0. The van der Waals surface area contributed by atoms with Crippen molar-refractivity contribution in [1.82, 2.24) is 0 Å². The van der Waals surface area contributed by atoms with Gasteiger partial charge in [0.2, 0.25) is 0 Å². The van der Waals surface area contributed by atoms with Gasteiger partial charge in [0, 0.05) is 31.0 Å². The van der Waals surface area contributed by atoms with Crippen LogP contribution in [0, 0.1) is 10.8 Å². The number of aliphatic carboxylic acids is 1. The number of carbonyl (C=O) groups excluding carboxylic acids is 3. The lowest BCUT2D eigenvalue weighted by Crippen LogP contribution is -2.59. The second kappa shape index (κ2) is 15.0. The van der Waals surface area contributed by atoms with Crippen LogP contribution in [0.2, 0.25) is 0 Å². The second-order valence-corrected chi connectivity index (χ2v) is 11.4. The molecule has 34 heavy (non-hydrogen) atoms. The van der Waals surface area contributed by atoms with E-state index < -0.39 is 34.6 Å². The van der Waals surface area contributed by atoms with E-state index in [1.165, 1.54) is 0 Å². The molecule has 0 unspecified atom stereocenters. The van der Waals surface area contributed by atoms with E-state index in [-0.39, 0.29) is 29.4 Å². The van der Waals surface area contributed by atoms with E-state index in [9.17, 15) is 24.6 Å². The lowest BCUT2D eigenvalue weighted by atomic mass is 9.74. The van der Waals surface area contributed by atoms with Crippen molar-refractivity contribution in [3.05, 3.63) is 0 Å². The third-order valence-corrected chi connectivity index (χ3v) is 5.72. The summed E-state index contributed by atoms with van der Waals surface area (Å²) in [6.45, 7) is 10.6. The molecule has 0 rings (SSSR count). The van der Waals surface area contributed by atoms with Crippen LogP contribution in [0.25, 0.3) is 0 Å². The van der Waals surface area contributed by atoms with Crippen molar-refractivity contribution in [1.29, 1.82) is 0 Å². The first-order valence-corrected chi connectivity index (χ1v) is 12.0. The van der Waals surface area contributed by atoms with Gasteiger partial charge in [0.05, 0.1) is 33.2 Å². The Morgan fingerprint density at radius 1 is 0.882 bits per heavy atom. The summed E-state index contributed by atoms with van der Waals surface area (Å²) >= 11 is 0. The molecule has 0 aromatic rings. The number of carbonyl (C=O) groups is 3. The van der Waals surface area contributed by atoms with Crippen molar-refractivity contribution >= 4 is 30.1 Å². The van der Waals surface area contributed by atoms with Gasteiger partial charge >= 0.3 is 5.97 Å². The third kappa shape index (κ3) is 13.6. The molecule has 1 N–H and O–H groups in total. The molecular formula is C25H48ClNO7. The van der Waals surface area contributed by atoms with E-state index >= 15 is 0 Å². The molecule has 0 saturated carbocycles. The van der Waals surface area contributed by atoms with Gasteiger partial charge in [-0.15, -0.1) is 12.4 Å². The van der Waals surface area contributed by atoms with Gasteiger partial charge in [0.1, 0.15) is 6.54 Å². The van der Waals surface area contributed by atoms with Crippen LogP contribution < -0.4 is 5.11 Å². The van der Waals surface area contributed by atoms with Crippen LogP contribution in [0.4, 0.5) is 0 Å². The molecule has 0 fully saturated rings. The molecule has 0 aromatic carbocycles. The molecule has 8 nitrogen and oxygen atoms in total. The quantitative estimate of drug-likeness (QED) is 0.171. The Kier molecular flexibility index (Phi) is 15.4. The smallest absolute Gasteiger partial charge is 0.311 e. The molecule has 1 atom stereocenters. The Morgan fingerprint density at radius 2 is 1.35 bits per heavy atom. The fraction of sp³-hybridized carbons (Fsp3) is 0.880. The Labute approximate surface area is 212 Å². The molecule has 0 amide bonds. The predicted octanol–water partition coefficient (Wildman–Crippen LogP) is 2.53. The summed E-state index contributed by atoms with van der Waals surface area (Å²) in [7, 11) is 5.40. The lowest BCUT2D eigenvalue weighted by Gasteiger charge is -2.39. The van der Waals surface area contributed by atoms with Gasteiger partial charge in [-0.3, -0.25) is 9.59 Å². The number of likely N-dealkylation sites (N-methyl/N-ethyl adjacent to an activating group) is 1. The summed E-state index contributed by atoms with van der Waals surface area (Å²) in [5, 5.41) is 22.1. The van der Waals surface area contributed by atoms with Gasteiger partial charge < -0.3 is 29.0 Å². The zero-order valence-electron chi connectivity index (χ0n) is 22.5. The zero-order valence-corrected chi connectivity index (χ0v) is 23.3. The molecule has 0 aliphatic rings. The molecule has 202 valence electrons. The highest BCUT2D eigenvalue weighted by molar-refractivity contribution is 5.94. The second-order valence-electron chi connectivity index (χ2n) is 11.4. The summed E-state index contributed by atoms with van der Waals surface area (Å²) in [5.41, 5.74) is -3.31. The number of carboxylic acid groups (broad SMARTS) is 1. The predicted molar refractivity (Wildman–Crippen MR) is 132 cm³/mol. The van der Waals surface area contributed by atoms with Crippen molar-refractivity contribution < 1.29 is 38.6 Å². The van der Waals surface area contributed by atoms with Gasteiger partial charge in [0.15, 0.2) is 11.4 Å². The summed E-state index contributed by atoms with van der Waals surface area (Å²) < 4.78 is 11.0. The van der Waals surface area contributed by atoms with E-state index in [0.29, 0.717) is 26.2 Å². The molecule has 9 heteroatoms. The van der Waals surface area contributed by atoms with Crippen LogP contribution in [-0.2, 0) is 23.9 Å². The average molecular weight is 510 g/mol. The van der Waals surface area contributed by atoms with E-state index in [2.05, 4.69) is 0 Å². The number of Topliss-reactive ketones (excluding diaryl/α,β-unsaturated/α-hetero) is 1. The molecule has 0 radical (unpaired) electrons. The van der Waals surface area contributed by atoms with E-state index in [4.69, 9.17) is 9.47 Å². The minimum atomic E-state index is -1.96. The molecule has 0 aliphatic heterocycles. The lowest BCUT2D eigenvalue weighted by molar-refractivity contribution is -0.875. The zero-order chi connectivity index (χ0) is 25.9. The maximum Gasteiger partial charge on any atom is 0.311 e. The maximum absolute atomic E-state index is 13.1. The van der Waals surface area contributed by atoms with Crippen molar-refractivity contribution in [2.45, 2.75) is 85.2 Å². The van der Waals surface area contributed by atoms with Gasteiger partial charge in [-0.1, -0.05) is 26.7 Å². The summed E-state index contributed by atoms with van der Waals surface area (Å²) in [6.07, 6.45) is 3.77. The Balaban J connectivity index is 0. The normalized spacial score (nSPS) is 14.1. The number of carboxylic acids is 1. The first-order valence-electron chi connectivity index (χ1n) is 12.0. The van der Waals surface area contributed by atoms with Crippen molar-refractivity contribution in [2.75, 3.05) is 47.5 Å². The number of nitrogens with zero attached hydrogens (tertiary/aromatic N) is 1. The van der Waals surface area contributed by atoms with Gasteiger partial charge in [-0.05, 0) is 46.5 Å². The SMILES string of the molecule is CCOC(=O)C(C)(C)CCCCOCCCCC(C)(C)C(=O)[C@@](O)(CC(=O)[O-])C[N+](C)(C)C.Cl. The van der Waals surface area contributed by atoms with Gasteiger partial charge in [-0.25, -0.2) is 0 Å². The largest absolute Gasteiger partial charge is 0.550 e. The standard InChI is InChI=1S/C25H47NO7.ClH/c1-9-33-22(30)24(4,5)15-11-13-17-32-16-12-10-14-23(2,3)21(29)25(31,18-20(27)28)19-26(6,7)8;/h31H,9-19H2,1-8H3;1H/t25-;/m1./s1. The number of esters is 1. The van der Waals surface area contributed by atoms with Crippen molar-refractivity contribution in [3.8, 4) is 0 Å². The van der Waals surface area contributed by atoms with Gasteiger partial charge in [0.25, 0.3) is 0 Å². The number of ketones is 1. The monoisotopic (exact) mass is 509 g/mol. The number of hydrogen-bond acceptors (Lipinski definition) is 7. The Bertz CT molecular complexity index is 644. The van der Waals surface area contributed by atoms with Crippen LogP contribution in [0.15, 0.2) is 0 Å². The maximum atomic E-state index is 13.1. The van der Waals surface area contributed by atoms with Crippen LogP contribution >= 0.6 is 12.4 Å². The highest BCUT2D eigenvalue weighted by Crippen LogP contribution is 2.32. The molecule has 0 spiro atoms. The van der Waals surface area contributed by atoms with Gasteiger partial charge in [-0.2, -0.15) is 0 Å². The fourth-order valence-corrected chi connectivity index (χ4v) is 4.05. The highest BCUT2D eigenvalue weighted by Gasteiger charge is 2.47. The Morgan fingerprint density at radius 3 is 1.76 bits per heavy atom. The number of quaternary nitrogens is 1. The summed E-state index contributed by atoms with van der Waals surface area (Å²) in [6, 6.07) is 0. The van der Waals surface area contributed by atoms with Crippen LogP contribution in [-0.4, -0.2) is 80.4 Å². The molecule has 0 heterocycles. The van der Waals surface area contributed by atoms with Crippen molar-refractivity contribution in [3.63, 3.8) is 0 Å². The average Bonchev–Trinajstić information content (AvgIpc) is 2.63. The van der Waals surface area contributed by atoms with Crippen LogP contribution in [0.5, 0.6) is 0 Å². The molecule has 0 aliphatic carbocycles. The highest BCUT2D eigenvalue weighted by atomic mass is 35.5. The number of ether oxygens (including phenoxy) is 2. The van der Waals surface area contributed by atoms with E-state index in [1.54, 1.807) is 41.9 Å². The first-order chi connectivity index (χ1) is 15.0. The van der Waals surface area contributed by atoms with Crippen LogP contribution in [0.1, 0.15) is 79.6 Å². The number of aliphatic hydroxyl groups is 1. The molecule has 0 saturated heterocycles. The third-order valence-electron chi connectivity index (χ3n) is 5.72. The first kappa shape index (κ1) is 34.9. The molecule has 0 bridgehead atoms. The molecule has 0 aromatic heterocycles. The van der Waals surface area contributed by atoms with Crippen LogP contribution in [0.3, 0.4) is 0 Å².